The van der Waals surface area contributed by atoms with Gasteiger partial charge in [-0.05, 0) is 55.9 Å². The molecule has 1 N–H and O–H groups in total. The van der Waals surface area contributed by atoms with E-state index in [4.69, 9.17) is 17.0 Å². The quantitative estimate of drug-likeness (QED) is 0.653. The molecule has 1 heterocycles. The van der Waals surface area contributed by atoms with E-state index in [1.165, 1.54) is 19.2 Å². The average Bonchev–Trinajstić information content (AvgIpc) is 2.62. The molecule has 0 amide bonds. The van der Waals surface area contributed by atoms with Gasteiger partial charge in [0.2, 0.25) is 0 Å². The Hall–Kier alpha value is -2.73. The van der Waals surface area contributed by atoms with E-state index in [0.29, 0.717) is 21.9 Å². The summed E-state index contributed by atoms with van der Waals surface area (Å²) in [6.45, 7) is 3.81. The number of esters is 1. The van der Waals surface area contributed by atoms with E-state index in [2.05, 4.69) is 5.32 Å². The fraction of sp³-hybridized carbons (Fsp3) is 0.200. The summed E-state index contributed by atoms with van der Waals surface area (Å²) in [4.78, 5) is 14.3. The van der Waals surface area contributed by atoms with Crippen molar-refractivity contribution in [1.82, 2.24) is 5.32 Å². The van der Waals surface area contributed by atoms with Crippen LogP contribution in [0.4, 0.5) is 10.1 Å². The molecule has 2 aromatic rings. The summed E-state index contributed by atoms with van der Waals surface area (Å²) in [7, 11) is 1.33. The number of nitrogens with zero attached hydrogens (tertiary/aromatic N) is 1. The summed E-state index contributed by atoms with van der Waals surface area (Å²) < 4.78 is 18.7. The van der Waals surface area contributed by atoms with Crippen LogP contribution in [-0.2, 0) is 9.53 Å². The first-order chi connectivity index (χ1) is 12.4. The number of nitrogens with one attached hydrogen (secondary N) is 1. The summed E-state index contributed by atoms with van der Waals surface area (Å²) in [5.74, 6) is -0.859. The maximum absolute atomic E-state index is 13.7. The summed E-state index contributed by atoms with van der Waals surface area (Å²) in [6, 6.07) is 13.3. The van der Waals surface area contributed by atoms with Crippen molar-refractivity contribution in [2.24, 2.45) is 0 Å². The molecule has 0 saturated heterocycles. The second kappa shape index (κ2) is 7.25. The molecule has 0 saturated carbocycles. The van der Waals surface area contributed by atoms with Gasteiger partial charge in [-0.1, -0.05) is 29.8 Å². The monoisotopic (exact) mass is 370 g/mol. The van der Waals surface area contributed by atoms with E-state index < -0.39 is 12.0 Å². The van der Waals surface area contributed by atoms with E-state index in [-0.39, 0.29) is 5.82 Å². The van der Waals surface area contributed by atoms with Crippen LogP contribution in [0.1, 0.15) is 24.1 Å². The van der Waals surface area contributed by atoms with Crippen molar-refractivity contribution in [3.05, 3.63) is 76.7 Å². The number of allylic oxidation sites excluding steroid dienone is 1. The van der Waals surface area contributed by atoms with E-state index in [0.717, 1.165) is 11.3 Å². The molecule has 1 atom stereocenters. The Morgan fingerprint density at radius 2 is 1.88 bits per heavy atom. The lowest BCUT2D eigenvalue weighted by atomic mass is 9.94. The van der Waals surface area contributed by atoms with Crippen LogP contribution in [0.2, 0.25) is 0 Å². The summed E-state index contributed by atoms with van der Waals surface area (Å²) >= 11 is 5.54. The maximum atomic E-state index is 13.7. The minimum Gasteiger partial charge on any atom is -0.466 e. The zero-order valence-corrected chi connectivity index (χ0v) is 15.6. The van der Waals surface area contributed by atoms with E-state index in [1.807, 2.05) is 38.1 Å². The second-order valence-corrected chi connectivity index (χ2v) is 6.49. The first kappa shape index (κ1) is 18.1. The largest absolute Gasteiger partial charge is 0.466 e. The van der Waals surface area contributed by atoms with Crippen molar-refractivity contribution in [3.63, 3.8) is 0 Å². The van der Waals surface area contributed by atoms with Crippen molar-refractivity contribution in [2.75, 3.05) is 12.0 Å². The van der Waals surface area contributed by atoms with Crippen molar-refractivity contribution in [1.29, 1.82) is 0 Å². The van der Waals surface area contributed by atoms with Gasteiger partial charge in [0.1, 0.15) is 5.82 Å². The number of anilines is 1. The highest BCUT2D eigenvalue weighted by Crippen LogP contribution is 2.34. The number of rotatable bonds is 3. The molecule has 3 rings (SSSR count). The number of hydrogen-bond donors (Lipinski definition) is 1. The Kier molecular flexibility index (Phi) is 5.04. The number of hydrogen-bond acceptors (Lipinski definition) is 3. The minimum absolute atomic E-state index is 0.377. The fourth-order valence-electron chi connectivity index (χ4n) is 3.06. The highest BCUT2D eigenvalue weighted by molar-refractivity contribution is 7.80. The third kappa shape index (κ3) is 3.32. The highest BCUT2D eigenvalue weighted by atomic mass is 32.1. The van der Waals surface area contributed by atoms with Crippen molar-refractivity contribution < 1.29 is 13.9 Å². The number of halogens is 1. The zero-order valence-electron chi connectivity index (χ0n) is 14.7. The van der Waals surface area contributed by atoms with E-state index in [1.54, 1.807) is 17.0 Å². The lowest BCUT2D eigenvalue weighted by Crippen LogP contribution is -2.48. The smallest absolute Gasteiger partial charge is 0.337 e. The van der Waals surface area contributed by atoms with Crippen LogP contribution < -0.4 is 10.2 Å². The molecular weight excluding hydrogens is 351 g/mol. The Bertz CT molecular complexity index is 893. The normalized spacial score (nSPS) is 17.2. The molecule has 1 aliphatic rings. The molecule has 0 bridgehead atoms. The lowest BCUT2D eigenvalue weighted by molar-refractivity contribution is -0.136. The number of carbonyl (C=O) groups is 1. The van der Waals surface area contributed by atoms with E-state index >= 15 is 0 Å². The second-order valence-electron chi connectivity index (χ2n) is 6.10. The number of aryl methyl sites for hydroxylation is 1. The van der Waals surface area contributed by atoms with Crippen LogP contribution in [-0.4, -0.2) is 18.2 Å². The van der Waals surface area contributed by atoms with Gasteiger partial charge in [0.05, 0.1) is 18.7 Å². The van der Waals surface area contributed by atoms with Crippen LogP contribution in [0.5, 0.6) is 0 Å². The molecule has 134 valence electrons. The molecule has 6 heteroatoms. The molecular formula is C20H19FN2O2S. The third-order valence-corrected chi connectivity index (χ3v) is 4.66. The predicted molar refractivity (Wildman–Crippen MR) is 103 cm³/mol. The number of ether oxygens (including phenoxy) is 1. The van der Waals surface area contributed by atoms with Crippen LogP contribution >= 0.6 is 12.2 Å². The van der Waals surface area contributed by atoms with Gasteiger partial charge in [-0.2, -0.15) is 0 Å². The number of thiocarbonyl (C=S) groups is 1. The molecule has 0 spiro atoms. The molecule has 0 aliphatic carbocycles. The average molecular weight is 370 g/mol. The Morgan fingerprint density at radius 1 is 1.19 bits per heavy atom. The van der Waals surface area contributed by atoms with Gasteiger partial charge < -0.3 is 10.1 Å². The highest BCUT2D eigenvalue weighted by Gasteiger charge is 2.35. The topological polar surface area (TPSA) is 41.6 Å². The molecule has 4 nitrogen and oxygen atoms in total. The van der Waals surface area contributed by atoms with E-state index in [9.17, 15) is 9.18 Å². The van der Waals surface area contributed by atoms with Gasteiger partial charge in [0, 0.05) is 11.4 Å². The standard InChI is InChI=1S/C20H19FN2O2S/c1-12-7-9-16(10-8-12)23-13(2)17(19(24)25-3)18(22-20(23)26)14-5-4-6-15(21)11-14/h4-11,18H,1-3H3,(H,22,26)/t18-/m0/s1. The molecule has 26 heavy (non-hydrogen) atoms. The summed E-state index contributed by atoms with van der Waals surface area (Å²) in [5.41, 5.74) is 3.61. The number of carbonyl (C=O) groups excluding carboxylic acids is 1. The van der Waals surface area contributed by atoms with Crippen molar-refractivity contribution in [3.8, 4) is 0 Å². The van der Waals surface area contributed by atoms with Gasteiger partial charge in [-0.3, -0.25) is 4.90 Å². The maximum Gasteiger partial charge on any atom is 0.337 e. The predicted octanol–water partition coefficient (Wildman–Crippen LogP) is 4.02. The van der Waals surface area contributed by atoms with Gasteiger partial charge in [0.15, 0.2) is 5.11 Å². The Balaban J connectivity index is 2.13. The molecule has 0 radical (unpaired) electrons. The number of methoxy groups -OCH3 is 1. The van der Waals surface area contributed by atoms with Gasteiger partial charge in [-0.25, -0.2) is 9.18 Å². The first-order valence-corrected chi connectivity index (χ1v) is 8.55. The number of benzene rings is 2. The van der Waals surface area contributed by atoms with Crippen molar-refractivity contribution >= 4 is 29.0 Å². The van der Waals surface area contributed by atoms with Gasteiger partial charge in [-0.15, -0.1) is 0 Å². The van der Waals surface area contributed by atoms with Gasteiger partial charge >= 0.3 is 5.97 Å². The van der Waals surface area contributed by atoms with Crippen LogP contribution in [0.25, 0.3) is 0 Å². The van der Waals surface area contributed by atoms with Crippen molar-refractivity contribution in [2.45, 2.75) is 19.9 Å². The SMILES string of the molecule is COC(=O)C1=C(C)N(c2ccc(C)cc2)C(=S)N[C@H]1c1cccc(F)c1. The molecule has 0 aromatic heterocycles. The Morgan fingerprint density at radius 3 is 2.50 bits per heavy atom. The fourth-order valence-corrected chi connectivity index (χ4v) is 3.42. The lowest BCUT2D eigenvalue weighted by Gasteiger charge is -2.37. The van der Waals surface area contributed by atoms with Gasteiger partial charge in [0.25, 0.3) is 0 Å². The van der Waals surface area contributed by atoms with Crippen LogP contribution in [0.15, 0.2) is 59.8 Å². The Labute approximate surface area is 157 Å². The zero-order chi connectivity index (χ0) is 18.8. The molecule has 0 fully saturated rings. The molecule has 1 aliphatic heterocycles. The first-order valence-electron chi connectivity index (χ1n) is 8.14. The van der Waals surface area contributed by atoms with Crippen LogP contribution in [0.3, 0.4) is 0 Å². The summed E-state index contributed by atoms with van der Waals surface area (Å²) in [6.07, 6.45) is 0. The molecule has 2 aromatic carbocycles. The summed E-state index contributed by atoms with van der Waals surface area (Å²) in [5, 5.41) is 3.59. The minimum atomic E-state index is -0.577. The third-order valence-electron chi connectivity index (χ3n) is 4.36. The van der Waals surface area contributed by atoms with Crippen LogP contribution in [0, 0.1) is 12.7 Å². The molecule has 0 unspecified atom stereocenters.